The van der Waals surface area contributed by atoms with Gasteiger partial charge >= 0.3 is 0 Å². The van der Waals surface area contributed by atoms with E-state index in [4.69, 9.17) is 5.73 Å². The van der Waals surface area contributed by atoms with Crippen LogP contribution in [-0.4, -0.2) is 39.5 Å². The van der Waals surface area contributed by atoms with Gasteiger partial charge in [0.1, 0.15) is 12.2 Å². The molecule has 3 rings (SSSR count). The molecule has 0 aliphatic carbocycles. The first-order valence-electron chi connectivity index (χ1n) is 6.13. The second-order valence-corrected chi connectivity index (χ2v) is 6.85. The third-order valence-electron chi connectivity index (χ3n) is 2.85. The Hall–Kier alpha value is -1.98. The summed E-state index contributed by atoms with van der Waals surface area (Å²) in [5.41, 5.74) is 5.70. The number of rotatable bonds is 6. The van der Waals surface area contributed by atoms with Crippen LogP contribution in [0.4, 0.5) is 5.82 Å². The van der Waals surface area contributed by atoms with Crippen LogP contribution < -0.4 is 10.5 Å². The SMILES string of the molecule is Nc1nc2sccn2c1S(=O)(=O)NCCCc1ncn[nH]1. The number of sulfonamides is 1. The summed E-state index contributed by atoms with van der Waals surface area (Å²) in [7, 11) is -3.70. The summed E-state index contributed by atoms with van der Waals surface area (Å²) in [6.45, 7) is 0.278. The lowest BCUT2D eigenvalue weighted by molar-refractivity contribution is 0.574. The number of nitrogens with one attached hydrogen (secondary N) is 2. The van der Waals surface area contributed by atoms with Gasteiger partial charge in [-0.25, -0.2) is 23.1 Å². The minimum atomic E-state index is -3.70. The van der Waals surface area contributed by atoms with Gasteiger partial charge in [-0.1, -0.05) is 0 Å². The van der Waals surface area contributed by atoms with Crippen molar-refractivity contribution in [2.75, 3.05) is 12.3 Å². The van der Waals surface area contributed by atoms with Gasteiger partial charge < -0.3 is 5.73 Å². The molecule has 0 aromatic carbocycles. The molecule has 21 heavy (non-hydrogen) atoms. The highest BCUT2D eigenvalue weighted by Gasteiger charge is 2.23. The first-order chi connectivity index (χ1) is 10.1. The highest BCUT2D eigenvalue weighted by molar-refractivity contribution is 7.89. The number of aryl methyl sites for hydroxylation is 1. The number of nitrogen functional groups attached to an aromatic ring is 1. The van der Waals surface area contributed by atoms with Crippen LogP contribution in [0.5, 0.6) is 0 Å². The molecule has 112 valence electrons. The van der Waals surface area contributed by atoms with Gasteiger partial charge in [0.15, 0.2) is 15.8 Å². The Morgan fingerprint density at radius 2 is 2.33 bits per heavy atom. The molecule has 0 spiro atoms. The molecule has 11 heteroatoms. The molecule has 0 fully saturated rings. The minimum absolute atomic E-state index is 0.00424. The van der Waals surface area contributed by atoms with Gasteiger partial charge in [-0.3, -0.25) is 9.50 Å². The maximum atomic E-state index is 12.3. The zero-order valence-corrected chi connectivity index (χ0v) is 12.5. The fraction of sp³-hybridized carbons (Fsp3) is 0.300. The normalized spacial score (nSPS) is 12.2. The van der Waals surface area contributed by atoms with Gasteiger partial charge in [-0.05, 0) is 6.42 Å². The summed E-state index contributed by atoms with van der Waals surface area (Å²) in [5.74, 6) is 0.725. The van der Waals surface area contributed by atoms with Gasteiger partial charge in [0.05, 0.1) is 0 Å². The van der Waals surface area contributed by atoms with Gasteiger partial charge in [0, 0.05) is 24.5 Å². The summed E-state index contributed by atoms with van der Waals surface area (Å²) in [6, 6.07) is 0. The number of aromatic nitrogens is 5. The second-order valence-electron chi connectivity index (χ2n) is 4.29. The third kappa shape index (κ3) is 2.75. The first-order valence-corrected chi connectivity index (χ1v) is 8.49. The molecule has 0 amide bonds. The summed E-state index contributed by atoms with van der Waals surface area (Å²) in [6.07, 6.45) is 4.25. The predicted octanol–water partition coefficient (Wildman–Crippen LogP) is 0.00720. The van der Waals surface area contributed by atoms with Crippen molar-refractivity contribution in [2.45, 2.75) is 17.9 Å². The molecule has 3 aromatic heterocycles. The molecule has 0 aliphatic rings. The van der Waals surface area contributed by atoms with E-state index >= 15 is 0 Å². The Morgan fingerprint density at radius 1 is 1.48 bits per heavy atom. The van der Waals surface area contributed by atoms with Crippen LogP contribution in [0.15, 0.2) is 22.9 Å². The van der Waals surface area contributed by atoms with Crippen LogP contribution in [0.25, 0.3) is 4.96 Å². The van der Waals surface area contributed by atoms with Crippen molar-refractivity contribution in [3.05, 3.63) is 23.7 Å². The van der Waals surface area contributed by atoms with E-state index < -0.39 is 10.0 Å². The molecular weight excluding hydrogens is 314 g/mol. The van der Waals surface area contributed by atoms with E-state index in [-0.39, 0.29) is 17.4 Å². The molecule has 0 bridgehead atoms. The molecule has 0 saturated heterocycles. The van der Waals surface area contributed by atoms with Crippen LogP contribution in [0, 0.1) is 0 Å². The topological polar surface area (TPSA) is 131 Å². The fourth-order valence-electron chi connectivity index (χ4n) is 1.93. The fourth-order valence-corrected chi connectivity index (χ4v) is 3.99. The monoisotopic (exact) mass is 327 g/mol. The molecule has 9 nitrogen and oxygen atoms in total. The number of thiazole rings is 1. The summed E-state index contributed by atoms with van der Waals surface area (Å²) in [4.78, 5) is 8.55. The van der Waals surface area contributed by atoms with Gasteiger partial charge in [0.2, 0.25) is 0 Å². The third-order valence-corrected chi connectivity index (χ3v) is 5.10. The number of hydrogen-bond donors (Lipinski definition) is 3. The number of aromatic amines is 1. The Kier molecular flexibility index (Phi) is 3.61. The average molecular weight is 327 g/mol. The number of nitrogens with zero attached hydrogens (tertiary/aromatic N) is 4. The highest BCUT2D eigenvalue weighted by Crippen LogP contribution is 2.22. The van der Waals surface area contributed by atoms with Crippen molar-refractivity contribution in [3.63, 3.8) is 0 Å². The summed E-state index contributed by atoms with van der Waals surface area (Å²) < 4.78 is 28.6. The van der Waals surface area contributed by atoms with E-state index in [1.165, 1.54) is 22.1 Å². The molecule has 3 heterocycles. The molecular formula is C10H13N7O2S2. The van der Waals surface area contributed by atoms with E-state index in [0.717, 1.165) is 5.82 Å². The predicted molar refractivity (Wildman–Crippen MR) is 77.4 cm³/mol. The number of hydrogen-bond acceptors (Lipinski definition) is 7. The smallest absolute Gasteiger partial charge is 0.260 e. The Bertz CT molecular complexity index is 834. The van der Waals surface area contributed by atoms with Gasteiger partial charge in [-0.2, -0.15) is 5.10 Å². The Balaban J connectivity index is 1.69. The minimum Gasteiger partial charge on any atom is -0.381 e. The van der Waals surface area contributed by atoms with Crippen molar-refractivity contribution in [2.24, 2.45) is 0 Å². The first kappa shape index (κ1) is 14.0. The maximum Gasteiger partial charge on any atom is 0.260 e. The van der Waals surface area contributed by atoms with Gasteiger partial charge in [-0.15, -0.1) is 11.3 Å². The van der Waals surface area contributed by atoms with Crippen LogP contribution in [0.1, 0.15) is 12.2 Å². The largest absolute Gasteiger partial charge is 0.381 e. The van der Waals surface area contributed by atoms with Crippen LogP contribution in [-0.2, 0) is 16.4 Å². The van der Waals surface area contributed by atoms with Gasteiger partial charge in [0.25, 0.3) is 10.0 Å². The van der Waals surface area contributed by atoms with Crippen molar-refractivity contribution >= 4 is 32.1 Å². The zero-order chi connectivity index (χ0) is 14.9. The number of fused-ring (bicyclic) bond motifs is 1. The molecule has 0 aliphatic heterocycles. The number of H-pyrrole nitrogens is 1. The quantitative estimate of drug-likeness (QED) is 0.546. The molecule has 0 unspecified atom stereocenters. The highest BCUT2D eigenvalue weighted by atomic mass is 32.2. The van der Waals surface area contributed by atoms with Crippen molar-refractivity contribution in [1.29, 1.82) is 0 Å². The van der Waals surface area contributed by atoms with Crippen LogP contribution in [0.3, 0.4) is 0 Å². The summed E-state index contributed by atoms with van der Waals surface area (Å²) >= 11 is 1.33. The average Bonchev–Trinajstić information content (AvgIpc) is 3.10. The van der Waals surface area contributed by atoms with Crippen molar-refractivity contribution in [1.82, 2.24) is 29.3 Å². The number of anilines is 1. The lowest BCUT2D eigenvalue weighted by atomic mass is 10.3. The van der Waals surface area contributed by atoms with Crippen LogP contribution in [0.2, 0.25) is 0 Å². The van der Waals surface area contributed by atoms with E-state index in [1.807, 2.05) is 0 Å². The van der Waals surface area contributed by atoms with E-state index in [1.54, 1.807) is 11.6 Å². The van der Waals surface area contributed by atoms with E-state index in [0.29, 0.717) is 17.8 Å². The molecule has 0 atom stereocenters. The lowest BCUT2D eigenvalue weighted by Gasteiger charge is -2.05. The Labute approximate surface area is 124 Å². The van der Waals surface area contributed by atoms with E-state index in [9.17, 15) is 8.42 Å². The maximum absolute atomic E-state index is 12.3. The molecule has 3 aromatic rings. The number of nitrogens with two attached hydrogens (primary N) is 1. The van der Waals surface area contributed by atoms with E-state index in [2.05, 4.69) is 24.9 Å². The molecule has 0 saturated carbocycles. The van der Waals surface area contributed by atoms with Crippen LogP contribution >= 0.6 is 11.3 Å². The summed E-state index contributed by atoms with van der Waals surface area (Å²) in [5, 5.41) is 8.19. The Morgan fingerprint density at radius 3 is 3.10 bits per heavy atom. The van der Waals surface area contributed by atoms with Crippen molar-refractivity contribution in [3.8, 4) is 0 Å². The molecule has 4 N–H and O–H groups in total. The van der Waals surface area contributed by atoms with Crippen molar-refractivity contribution < 1.29 is 8.42 Å². The standard InChI is InChI=1S/C10H13N7O2S2/c11-8-9(17-4-5-20-10(17)15-8)21(18,19)14-3-1-2-7-12-6-13-16-7/h4-6,14H,1-3,11H2,(H,12,13,16). The number of imidazole rings is 1. The zero-order valence-electron chi connectivity index (χ0n) is 10.9. The molecule has 0 radical (unpaired) electrons. The second kappa shape index (κ2) is 5.42. The lowest BCUT2D eigenvalue weighted by Crippen LogP contribution is -2.27.